The number of hydrogen-bond acceptors (Lipinski definition) is 3. The highest BCUT2D eigenvalue weighted by atomic mass is 19.4. The predicted molar refractivity (Wildman–Crippen MR) is 61.6 cm³/mol. The molecule has 21 heavy (non-hydrogen) atoms. The smallest absolute Gasteiger partial charge is 0.406 e. The number of benzene rings is 1. The van der Waals surface area contributed by atoms with Crippen LogP contribution in [-0.2, 0) is 5.54 Å². The van der Waals surface area contributed by atoms with Crippen molar-refractivity contribution in [1.29, 1.82) is 0 Å². The number of alkyl halides is 6. The molecule has 1 aromatic rings. The predicted octanol–water partition coefficient (Wildman–Crippen LogP) is 2.94. The van der Waals surface area contributed by atoms with Crippen molar-refractivity contribution in [3.05, 3.63) is 29.8 Å². The van der Waals surface area contributed by atoms with Gasteiger partial charge in [0.15, 0.2) is 0 Å². The zero-order valence-electron chi connectivity index (χ0n) is 10.8. The molecule has 0 aromatic heterocycles. The van der Waals surface area contributed by atoms with Crippen molar-refractivity contribution in [1.82, 2.24) is 5.32 Å². The lowest BCUT2D eigenvalue weighted by Gasteiger charge is -2.30. The normalized spacial score (nSPS) is 15.6. The van der Waals surface area contributed by atoms with Crippen molar-refractivity contribution in [2.24, 2.45) is 0 Å². The molecular weight excluding hydrogens is 304 g/mol. The first-order chi connectivity index (χ1) is 9.45. The molecule has 1 aromatic carbocycles. The lowest BCUT2D eigenvalue weighted by Crippen LogP contribution is -2.47. The van der Waals surface area contributed by atoms with Crippen LogP contribution in [0.2, 0.25) is 0 Å². The van der Waals surface area contributed by atoms with Crippen LogP contribution in [0.5, 0.6) is 5.75 Å². The second-order valence-corrected chi connectivity index (χ2v) is 4.53. The summed E-state index contributed by atoms with van der Waals surface area (Å²) in [7, 11) is 0. The molecular formula is C12H13F6NO2. The summed E-state index contributed by atoms with van der Waals surface area (Å²) in [5, 5.41) is 11.4. The third-order valence-corrected chi connectivity index (χ3v) is 2.72. The molecule has 0 fully saturated rings. The molecule has 0 saturated heterocycles. The van der Waals surface area contributed by atoms with Crippen LogP contribution in [0.25, 0.3) is 0 Å². The van der Waals surface area contributed by atoms with E-state index in [1.54, 1.807) is 0 Å². The van der Waals surface area contributed by atoms with Gasteiger partial charge in [-0.2, -0.15) is 13.2 Å². The van der Waals surface area contributed by atoms with Crippen LogP contribution >= 0.6 is 0 Å². The fraction of sp³-hybridized carbons (Fsp3) is 0.500. The van der Waals surface area contributed by atoms with Gasteiger partial charge in [-0.15, -0.1) is 13.2 Å². The fourth-order valence-corrected chi connectivity index (χ4v) is 1.57. The highest BCUT2D eigenvalue weighted by molar-refractivity contribution is 5.32. The zero-order valence-corrected chi connectivity index (χ0v) is 10.8. The minimum Gasteiger partial charge on any atom is -0.406 e. The minimum absolute atomic E-state index is 0.198. The van der Waals surface area contributed by atoms with E-state index in [2.05, 4.69) is 10.1 Å². The SMILES string of the molecule is CC(CO)(NCC(F)(F)F)c1ccc(OC(F)(F)F)cc1. The Morgan fingerprint density at radius 2 is 1.57 bits per heavy atom. The van der Waals surface area contributed by atoms with E-state index in [0.29, 0.717) is 0 Å². The molecule has 0 aliphatic heterocycles. The Labute approximate surface area is 116 Å². The number of halogens is 6. The van der Waals surface area contributed by atoms with E-state index >= 15 is 0 Å². The summed E-state index contributed by atoms with van der Waals surface area (Å²) in [6.45, 7) is -0.703. The van der Waals surface area contributed by atoms with Gasteiger partial charge in [-0.3, -0.25) is 5.32 Å². The molecule has 9 heteroatoms. The minimum atomic E-state index is -4.85. The third-order valence-electron chi connectivity index (χ3n) is 2.72. The summed E-state index contributed by atoms with van der Waals surface area (Å²) in [5.41, 5.74) is -1.24. The highest BCUT2D eigenvalue weighted by Gasteiger charge is 2.34. The third kappa shape index (κ3) is 5.80. The first kappa shape index (κ1) is 17.6. The first-order valence-electron chi connectivity index (χ1n) is 5.74. The zero-order chi connectivity index (χ0) is 16.3. The monoisotopic (exact) mass is 317 g/mol. The van der Waals surface area contributed by atoms with Gasteiger partial charge < -0.3 is 9.84 Å². The molecule has 0 radical (unpaired) electrons. The Morgan fingerprint density at radius 3 is 1.95 bits per heavy atom. The Kier molecular flexibility index (Phi) is 5.11. The van der Waals surface area contributed by atoms with E-state index < -0.39 is 37.0 Å². The lowest BCUT2D eigenvalue weighted by atomic mass is 9.93. The quantitative estimate of drug-likeness (QED) is 0.821. The van der Waals surface area contributed by atoms with Gasteiger partial charge in [0.1, 0.15) is 5.75 Å². The van der Waals surface area contributed by atoms with Crippen molar-refractivity contribution >= 4 is 0 Å². The van der Waals surface area contributed by atoms with Crippen molar-refractivity contribution in [3.8, 4) is 5.75 Å². The number of rotatable bonds is 5. The molecule has 3 nitrogen and oxygen atoms in total. The van der Waals surface area contributed by atoms with Crippen LogP contribution in [0.1, 0.15) is 12.5 Å². The second-order valence-electron chi connectivity index (χ2n) is 4.53. The molecule has 2 N–H and O–H groups in total. The summed E-state index contributed by atoms with van der Waals surface area (Å²) < 4.78 is 76.2. The van der Waals surface area contributed by atoms with E-state index in [9.17, 15) is 31.4 Å². The number of nitrogens with one attached hydrogen (secondary N) is 1. The molecule has 0 amide bonds. The molecule has 1 atom stereocenters. The molecule has 0 bridgehead atoms. The molecule has 1 unspecified atom stereocenters. The van der Waals surface area contributed by atoms with Crippen LogP contribution in [0.15, 0.2) is 24.3 Å². The number of aliphatic hydroxyl groups is 1. The summed E-state index contributed by atoms with van der Waals surface area (Å²) in [5.74, 6) is -0.498. The van der Waals surface area contributed by atoms with Crippen molar-refractivity contribution in [2.75, 3.05) is 13.2 Å². The van der Waals surface area contributed by atoms with E-state index in [-0.39, 0.29) is 5.56 Å². The Balaban J connectivity index is 2.86. The van der Waals surface area contributed by atoms with Gasteiger partial charge in [0.05, 0.1) is 18.7 Å². The van der Waals surface area contributed by atoms with Crippen molar-refractivity contribution in [2.45, 2.75) is 25.0 Å². The van der Waals surface area contributed by atoms with E-state index in [0.717, 1.165) is 24.3 Å². The van der Waals surface area contributed by atoms with Gasteiger partial charge in [-0.25, -0.2) is 0 Å². The topological polar surface area (TPSA) is 41.5 Å². The number of hydrogen-bond donors (Lipinski definition) is 2. The number of aliphatic hydroxyl groups excluding tert-OH is 1. The Bertz CT molecular complexity index is 456. The maximum atomic E-state index is 12.2. The van der Waals surface area contributed by atoms with Crippen molar-refractivity contribution in [3.63, 3.8) is 0 Å². The lowest BCUT2D eigenvalue weighted by molar-refractivity contribution is -0.274. The first-order valence-corrected chi connectivity index (χ1v) is 5.74. The Hall–Kier alpha value is -1.48. The summed E-state index contributed by atoms with van der Waals surface area (Å²) in [6.07, 6.45) is -9.33. The molecule has 0 saturated carbocycles. The molecule has 0 aliphatic rings. The summed E-state index contributed by atoms with van der Waals surface area (Å²) >= 11 is 0. The van der Waals surface area contributed by atoms with Gasteiger partial charge >= 0.3 is 12.5 Å². The maximum absolute atomic E-state index is 12.2. The van der Waals surface area contributed by atoms with Gasteiger partial charge in [-0.1, -0.05) is 12.1 Å². The standard InChI is InChI=1S/C12H13F6NO2/c1-10(7-20,19-6-11(13,14)15)8-2-4-9(5-3-8)21-12(16,17)18/h2-5,19-20H,6-7H2,1H3. The molecule has 0 aliphatic carbocycles. The highest BCUT2D eigenvalue weighted by Crippen LogP contribution is 2.27. The van der Waals surface area contributed by atoms with Crippen LogP contribution in [-0.4, -0.2) is 30.8 Å². The number of ether oxygens (including phenoxy) is 1. The van der Waals surface area contributed by atoms with Gasteiger partial charge in [0.2, 0.25) is 0 Å². The van der Waals surface area contributed by atoms with Crippen LogP contribution in [0.4, 0.5) is 26.3 Å². The second kappa shape index (κ2) is 6.10. The van der Waals surface area contributed by atoms with Gasteiger partial charge in [-0.05, 0) is 24.6 Å². The fourth-order valence-electron chi connectivity index (χ4n) is 1.57. The molecule has 0 heterocycles. The largest absolute Gasteiger partial charge is 0.573 e. The van der Waals surface area contributed by atoms with Crippen LogP contribution in [0, 0.1) is 0 Å². The van der Waals surface area contributed by atoms with Gasteiger partial charge in [0.25, 0.3) is 0 Å². The average molecular weight is 317 g/mol. The van der Waals surface area contributed by atoms with E-state index in [1.807, 2.05) is 0 Å². The average Bonchev–Trinajstić information content (AvgIpc) is 2.34. The maximum Gasteiger partial charge on any atom is 0.573 e. The van der Waals surface area contributed by atoms with Gasteiger partial charge in [0, 0.05) is 0 Å². The van der Waals surface area contributed by atoms with E-state index in [4.69, 9.17) is 0 Å². The Morgan fingerprint density at radius 1 is 1.05 bits per heavy atom. The molecule has 1 rings (SSSR count). The molecule has 0 spiro atoms. The van der Waals surface area contributed by atoms with Crippen LogP contribution < -0.4 is 10.1 Å². The molecule has 120 valence electrons. The van der Waals surface area contributed by atoms with Crippen LogP contribution in [0.3, 0.4) is 0 Å². The van der Waals surface area contributed by atoms with E-state index in [1.165, 1.54) is 6.92 Å². The summed E-state index contributed by atoms with van der Waals surface area (Å²) in [6, 6.07) is 4.24. The summed E-state index contributed by atoms with van der Waals surface area (Å²) in [4.78, 5) is 0. The van der Waals surface area contributed by atoms with Crippen molar-refractivity contribution < 1.29 is 36.2 Å².